The van der Waals surface area contributed by atoms with Gasteiger partial charge in [0.1, 0.15) is 5.82 Å². The maximum Gasteiger partial charge on any atom is 0.277 e. The first-order valence-electron chi connectivity index (χ1n) is 7.76. The smallest absolute Gasteiger partial charge is 0.277 e. The Morgan fingerprint density at radius 3 is 2.33 bits per heavy atom. The highest BCUT2D eigenvalue weighted by molar-refractivity contribution is 7.98. The molecule has 0 fully saturated rings. The number of hydrogen-bond acceptors (Lipinski definition) is 7. The van der Waals surface area contributed by atoms with Crippen LogP contribution in [0.1, 0.15) is 5.56 Å². The molecular formula is C18H16ClFN2O4S. The number of ether oxygens (including phenoxy) is 3. The predicted molar refractivity (Wildman–Crippen MR) is 100 cm³/mol. The lowest BCUT2D eigenvalue weighted by atomic mass is 10.2. The van der Waals surface area contributed by atoms with Gasteiger partial charge in [-0.15, -0.1) is 10.2 Å². The second-order valence-corrected chi connectivity index (χ2v) is 6.65. The molecule has 0 aliphatic rings. The summed E-state index contributed by atoms with van der Waals surface area (Å²) in [4.78, 5) is 0. The first kappa shape index (κ1) is 19.3. The molecule has 0 radical (unpaired) electrons. The Labute approximate surface area is 164 Å². The molecule has 2 aromatic carbocycles. The van der Waals surface area contributed by atoms with Crippen LogP contribution in [0.2, 0.25) is 5.02 Å². The van der Waals surface area contributed by atoms with Crippen LogP contribution in [0.15, 0.2) is 40.0 Å². The van der Waals surface area contributed by atoms with Crippen LogP contribution in [0.25, 0.3) is 11.5 Å². The van der Waals surface area contributed by atoms with Crippen molar-refractivity contribution in [1.82, 2.24) is 10.2 Å². The van der Waals surface area contributed by atoms with Gasteiger partial charge in [0, 0.05) is 16.3 Å². The summed E-state index contributed by atoms with van der Waals surface area (Å²) < 4.78 is 34.8. The quantitative estimate of drug-likeness (QED) is 0.516. The predicted octanol–water partition coefficient (Wildman–Crippen LogP) is 4.85. The van der Waals surface area contributed by atoms with E-state index in [9.17, 15) is 4.39 Å². The van der Waals surface area contributed by atoms with E-state index in [1.807, 2.05) is 0 Å². The Morgan fingerprint density at radius 2 is 1.74 bits per heavy atom. The van der Waals surface area contributed by atoms with Crippen molar-refractivity contribution in [2.24, 2.45) is 0 Å². The van der Waals surface area contributed by atoms with Crippen LogP contribution >= 0.6 is 23.4 Å². The number of nitrogens with zero attached hydrogens (tertiary/aromatic N) is 2. The molecule has 6 nitrogen and oxygen atoms in total. The molecule has 0 saturated heterocycles. The molecule has 27 heavy (non-hydrogen) atoms. The highest BCUT2D eigenvalue weighted by Gasteiger charge is 2.18. The first-order valence-corrected chi connectivity index (χ1v) is 9.12. The summed E-state index contributed by atoms with van der Waals surface area (Å²) in [6, 6.07) is 7.70. The van der Waals surface area contributed by atoms with Gasteiger partial charge in [0.15, 0.2) is 11.5 Å². The Bertz CT molecular complexity index is 926. The van der Waals surface area contributed by atoms with Gasteiger partial charge in [-0.3, -0.25) is 0 Å². The summed E-state index contributed by atoms with van der Waals surface area (Å²) in [5.41, 5.74) is 1.40. The minimum atomic E-state index is -0.378. The zero-order chi connectivity index (χ0) is 19.4. The third-order valence-corrected chi connectivity index (χ3v) is 4.90. The minimum Gasteiger partial charge on any atom is -0.493 e. The minimum absolute atomic E-state index is 0.307. The summed E-state index contributed by atoms with van der Waals surface area (Å²) in [5.74, 6) is 1.84. The summed E-state index contributed by atoms with van der Waals surface area (Å²) >= 11 is 7.33. The molecule has 0 bridgehead atoms. The third-order valence-electron chi connectivity index (χ3n) is 3.68. The number of hydrogen-bond donors (Lipinski definition) is 0. The summed E-state index contributed by atoms with van der Waals surface area (Å²) in [6.07, 6.45) is 0. The Hall–Kier alpha value is -2.45. The van der Waals surface area contributed by atoms with E-state index < -0.39 is 0 Å². The zero-order valence-electron chi connectivity index (χ0n) is 14.8. The molecule has 0 spiro atoms. The van der Waals surface area contributed by atoms with E-state index in [2.05, 4.69) is 10.2 Å². The molecule has 0 atom stereocenters. The molecule has 1 heterocycles. The van der Waals surface area contributed by atoms with E-state index in [1.54, 1.807) is 18.2 Å². The second kappa shape index (κ2) is 8.49. The van der Waals surface area contributed by atoms with Crippen molar-refractivity contribution in [2.75, 3.05) is 21.3 Å². The lowest BCUT2D eigenvalue weighted by molar-refractivity contribution is 0.324. The van der Waals surface area contributed by atoms with Gasteiger partial charge in [0.25, 0.3) is 5.22 Å². The summed E-state index contributed by atoms with van der Waals surface area (Å²) in [5, 5.41) is 8.80. The van der Waals surface area contributed by atoms with Crippen LogP contribution in [-0.2, 0) is 5.75 Å². The van der Waals surface area contributed by atoms with Crippen LogP contribution < -0.4 is 14.2 Å². The molecule has 0 unspecified atom stereocenters. The molecule has 3 rings (SSSR count). The Morgan fingerprint density at radius 1 is 1.04 bits per heavy atom. The van der Waals surface area contributed by atoms with E-state index in [4.69, 9.17) is 30.2 Å². The molecule has 0 N–H and O–H groups in total. The molecule has 142 valence electrons. The molecule has 3 aromatic rings. The molecule has 0 aliphatic heterocycles. The van der Waals surface area contributed by atoms with Gasteiger partial charge >= 0.3 is 0 Å². The number of thioether (sulfide) groups is 1. The number of rotatable bonds is 7. The summed E-state index contributed by atoms with van der Waals surface area (Å²) in [6.45, 7) is 0. The largest absolute Gasteiger partial charge is 0.493 e. The van der Waals surface area contributed by atoms with Gasteiger partial charge in [-0.05, 0) is 29.8 Å². The van der Waals surface area contributed by atoms with Crippen molar-refractivity contribution in [3.05, 3.63) is 46.7 Å². The number of benzene rings is 2. The topological polar surface area (TPSA) is 66.6 Å². The van der Waals surface area contributed by atoms with Gasteiger partial charge in [0.05, 0.1) is 21.3 Å². The van der Waals surface area contributed by atoms with Crippen molar-refractivity contribution >= 4 is 23.4 Å². The third kappa shape index (κ3) is 4.28. The highest BCUT2D eigenvalue weighted by Crippen LogP contribution is 2.41. The van der Waals surface area contributed by atoms with Crippen molar-refractivity contribution < 1.29 is 23.0 Å². The molecule has 0 saturated carbocycles. The first-order chi connectivity index (χ1) is 13.0. The molecule has 0 aliphatic carbocycles. The normalized spacial score (nSPS) is 10.7. The Kier molecular flexibility index (Phi) is 6.08. The van der Waals surface area contributed by atoms with Gasteiger partial charge in [-0.1, -0.05) is 29.4 Å². The number of methoxy groups -OCH3 is 3. The molecular weight excluding hydrogens is 395 g/mol. The monoisotopic (exact) mass is 410 g/mol. The van der Waals surface area contributed by atoms with E-state index in [0.717, 1.165) is 5.56 Å². The zero-order valence-corrected chi connectivity index (χ0v) is 16.4. The maximum atomic E-state index is 13.1. The second-order valence-electron chi connectivity index (χ2n) is 5.31. The fraction of sp³-hybridized carbons (Fsp3) is 0.222. The number of aromatic nitrogens is 2. The summed E-state index contributed by atoms with van der Waals surface area (Å²) in [7, 11) is 4.59. The van der Waals surface area contributed by atoms with Crippen LogP contribution in [0.5, 0.6) is 17.2 Å². The van der Waals surface area contributed by atoms with Crippen molar-refractivity contribution in [3.63, 3.8) is 0 Å². The van der Waals surface area contributed by atoms with E-state index >= 15 is 0 Å². The van der Waals surface area contributed by atoms with Gasteiger partial charge in [0.2, 0.25) is 11.6 Å². The van der Waals surface area contributed by atoms with Gasteiger partial charge in [-0.25, -0.2) is 4.39 Å². The standard InChI is InChI=1S/C18H16ClFN2O4S/c1-23-14-6-11(7-15(24-2)16(14)25-3)17-21-22-18(26-17)27-9-10-4-5-12(20)8-13(10)19/h4-8H,9H2,1-3H3. The van der Waals surface area contributed by atoms with Crippen molar-refractivity contribution in [3.8, 4) is 28.7 Å². The van der Waals surface area contributed by atoms with Crippen LogP contribution in [0, 0.1) is 5.82 Å². The fourth-order valence-corrected chi connectivity index (χ4v) is 3.45. The van der Waals surface area contributed by atoms with Crippen LogP contribution in [-0.4, -0.2) is 31.5 Å². The SMILES string of the molecule is COc1cc(-c2nnc(SCc3ccc(F)cc3Cl)o2)cc(OC)c1OC. The fourth-order valence-electron chi connectivity index (χ4n) is 2.37. The Balaban J connectivity index is 1.81. The molecule has 9 heteroatoms. The lowest BCUT2D eigenvalue weighted by Crippen LogP contribution is -1.95. The lowest BCUT2D eigenvalue weighted by Gasteiger charge is -2.12. The van der Waals surface area contributed by atoms with Crippen LogP contribution in [0.4, 0.5) is 4.39 Å². The highest BCUT2D eigenvalue weighted by atomic mass is 35.5. The van der Waals surface area contributed by atoms with Gasteiger partial charge < -0.3 is 18.6 Å². The van der Waals surface area contributed by atoms with E-state index in [-0.39, 0.29) is 5.82 Å². The van der Waals surface area contributed by atoms with Crippen molar-refractivity contribution in [1.29, 1.82) is 0 Å². The van der Waals surface area contributed by atoms with Gasteiger partial charge in [-0.2, -0.15) is 0 Å². The maximum absolute atomic E-state index is 13.1. The number of halogens is 2. The average molecular weight is 411 g/mol. The average Bonchev–Trinajstić information content (AvgIpc) is 3.15. The molecule has 1 aromatic heterocycles. The molecule has 0 amide bonds. The van der Waals surface area contributed by atoms with Crippen molar-refractivity contribution in [2.45, 2.75) is 11.0 Å². The van der Waals surface area contributed by atoms with E-state index in [1.165, 1.54) is 45.2 Å². The van der Waals surface area contributed by atoms with Crippen LogP contribution in [0.3, 0.4) is 0 Å². The van der Waals surface area contributed by atoms with E-state index in [0.29, 0.717) is 44.7 Å².